The highest BCUT2D eigenvalue weighted by atomic mass is 16.6. The van der Waals surface area contributed by atoms with E-state index in [1.165, 1.54) is 0 Å². The van der Waals surface area contributed by atoms with Gasteiger partial charge in [0, 0.05) is 44.8 Å². The van der Waals surface area contributed by atoms with E-state index in [9.17, 15) is 14.4 Å². The van der Waals surface area contributed by atoms with Gasteiger partial charge >= 0.3 is 6.09 Å². The average Bonchev–Trinajstić information content (AvgIpc) is 2.65. The van der Waals surface area contributed by atoms with E-state index in [4.69, 9.17) is 4.74 Å². The van der Waals surface area contributed by atoms with Crippen molar-refractivity contribution in [2.24, 2.45) is 0 Å². The molecular weight excluding hydrogens is 372 g/mol. The topological polar surface area (TPSA) is 91.0 Å². The molecule has 1 aromatic rings. The van der Waals surface area contributed by atoms with Gasteiger partial charge in [0.05, 0.1) is 6.54 Å². The fourth-order valence-corrected chi connectivity index (χ4v) is 2.98. The molecule has 1 saturated heterocycles. The molecule has 0 bridgehead atoms. The molecule has 0 aliphatic carbocycles. The van der Waals surface area contributed by atoms with Crippen LogP contribution in [0.2, 0.25) is 0 Å². The van der Waals surface area contributed by atoms with E-state index in [-0.39, 0.29) is 24.5 Å². The zero-order valence-corrected chi connectivity index (χ0v) is 17.8. The molecular formula is C21H32N4O4. The SMILES string of the molecule is Cc1ccccc1C(=O)NCC(=O)NCCN1CCN(C(=O)OC(C)(C)C)CC1. The number of hydrogen-bond acceptors (Lipinski definition) is 5. The van der Waals surface area contributed by atoms with E-state index >= 15 is 0 Å². The maximum Gasteiger partial charge on any atom is 0.410 e. The van der Waals surface area contributed by atoms with Crippen LogP contribution in [0.15, 0.2) is 24.3 Å². The van der Waals surface area contributed by atoms with Crippen molar-refractivity contribution in [2.45, 2.75) is 33.3 Å². The van der Waals surface area contributed by atoms with Crippen LogP contribution in [0, 0.1) is 6.92 Å². The summed E-state index contributed by atoms with van der Waals surface area (Å²) in [5.41, 5.74) is 0.951. The van der Waals surface area contributed by atoms with Crippen LogP contribution >= 0.6 is 0 Å². The average molecular weight is 405 g/mol. The molecule has 1 fully saturated rings. The normalized spacial score (nSPS) is 15.0. The van der Waals surface area contributed by atoms with Crippen LogP contribution in [0.25, 0.3) is 0 Å². The molecule has 29 heavy (non-hydrogen) atoms. The van der Waals surface area contributed by atoms with E-state index in [2.05, 4.69) is 15.5 Å². The van der Waals surface area contributed by atoms with Gasteiger partial charge in [-0.25, -0.2) is 4.79 Å². The molecule has 1 aromatic carbocycles. The molecule has 2 N–H and O–H groups in total. The number of rotatable bonds is 6. The third-order valence-electron chi connectivity index (χ3n) is 4.57. The van der Waals surface area contributed by atoms with E-state index < -0.39 is 5.60 Å². The van der Waals surface area contributed by atoms with Crippen molar-refractivity contribution in [3.05, 3.63) is 35.4 Å². The molecule has 0 aromatic heterocycles. The third kappa shape index (κ3) is 7.73. The van der Waals surface area contributed by atoms with E-state index in [1.807, 2.05) is 39.8 Å². The highest BCUT2D eigenvalue weighted by Crippen LogP contribution is 2.11. The number of hydrogen-bond donors (Lipinski definition) is 2. The minimum Gasteiger partial charge on any atom is -0.444 e. The van der Waals surface area contributed by atoms with Gasteiger partial charge < -0.3 is 20.3 Å². The van der Waals surface area contributed by atoms with Gasteiger partial charge in [0.1, 0.15) is 5.60 Å². The summed E-state index contributed by atoms with van der Waals surface area (Å²) < 4.78 is 5.39. The summed E-state index contributed by atoms with van der Waals surface area (Å²) >= 11 is 0. The van der Waals surface area contributed by atoms with Gasteiger partial charge in [-0.15, -0.1) is 0 Å². The molecule has 0 unspecified atom stereocenters. The zero-order valence-electron chi connectivity index (χ0n) is 17.8. The molecule has 1 aliphatic heterocycles. The molecule has 0 atom stereocenters. The Morgan fingerprint density at radius 1 is 1.03 bits per heavy atom. The number of aryl methyl sites for hydroxylation is 1. The van der Waals surface area contributed by atoms with E-state index in [0.717, 1.165) is 18.7 Å². The van der Waals surface area contributed by atoms with Crippen molar-refractivity contribution in [3.8, 4) is 0 Å². The molecule has 1 heterocycles. The van der Waals surface area contributed by atoms with Crippen LogP contribution < -0.4 is 10.6 Å². The highest BCUT2D eigenvalue weighted by molar-refractivity contribution is 5.97. The molecule has 160 valence electrons. The molecule has 0 radical (unpaired) electrons. The quantitative estimate of drug-likeness (QED) is 0.748. The Kier molecular flexibility index (Phi) is 8.01. The lowest BCUT2D eigenvalue weighted by molar-refractivity contribution is -0.120. The number of nitrogens with zero attached hydrogens (tertiary/aromatic N) is 2. The molecule has 2 rings (SSSR count). The van der Waals surface area contributed by atoms with Crippen LogP contribution in [0.3, 0.4) is 0 Å². The van der Waals surface area contributed by atoms with Gasteiger partial charge in [-0.3, -0.25) is 14.5 Å². The minimum absolute atomic E-state index is 0.0560. The van der Waals surface area contributed by atoms with Gasteiger partial charge in [-0.05, 0) is 39.3 Å². The fraction of sp³-hybridized carbons (Fsp3) is 0.571. The predicted octanol–water partition coefficient (Wildman–Crippen LogP) is 1.39. The summed E-state index contributed by atoms with van der Waals surface area (Å²) in [6, 6.07) is 7.26. The zero-order chi connectivity index (χ0) is 21.4. The fourth-order valence-electron chi connectivity index (χ4n) is 2.98. The Labute approximate surface area is 172 Å². The first-order valence-electron chi connectivity index (χ1n) is 9.96. The number of benzene rings is 1. The van der Waals surface area contributed by atoms with Gasteiger partial charge in [0.15, 0.2) is 0 Å². The lowest BCUT2D eigenvalue weighted by Crippen LogP contribution is -2.51. The molecule has 0 saturated carbocycles. The van der Waals surface area contributed by atoms with Crippen LogP contribution in [0.4, 0.5) is 4.79 Å². The summed E-state index contributed by atoms with van der Waals surface area (Å²) in [6.45, 7) is 11.2. The van der Waals surface area contributed by atoms with Crippen molar-refractivity contribution >= 4 is 17.9 Å². The predicted molar refractivity (Wildman–Crippen MR) is 111 cm³/mol. The first-order chi connectivity index (χ1) is 13.7. The second-order valence-corrected chi connectivity index (χ2v) is 8.16. The van der Waals surface area contributed by atoms with Crippen molar-refractivity contribution in [1.82, 2.24) is 20.4 Å². The summed E-state index contributed by atoms with van der Waals surface area (Å²) in [4.78, 5) is 40.1. The first kappa shape index (κ1) is 22.7. The highest BCUT2D eigenvalue weighted by Gasteiger charge is 2.25. The Balaban J connectivity index is 1.62. The maximum absolute atomic E-state index is 12.1. The van der Waals surface area contributed by atoms with Gasteiger partial charge in [-0.2, -0.15) is 0 Å². The number of ether oxygens (including phenoxy) is 1. The molecule has 1 aliphatic rings. The maximum atomic E-state index is 12.1. The van der Waals surface area contributed by atoms with Crippen LogP contribution in [-0.4, -0.2) is 79.1 Å². The molecule has 8 heteroatoms. The monoisotopic (exact) mass is 404 g/mol. The van der Waals surface area contributed by atoms with Crippen LogP contribution in [0.1, 0.15) is 36.7 Å². The minimum atomic E-state index is -0.493. The summed E-state index contributed by atoms with van der Waals surface area (Å²) in [6.07, 6.45) is -0.283. The number of amides is 3. The Bertz CT molecular complexity index is 722. The molecule has 3 amide bonds. The van der Waals surface area contributed by atoms with Crippen molar-refractivity contribution in [1.29, 1.82) is 0 Å². The molecule has 8 nitrogen and oxygen atoms in total. The summed E-state index contributed by atoms with van der Waals surface area (Å²) in [7, 11) is 0. The Morgan fingerprint density at radius 2 is 1.69 bits per heavy atom. The number of carbonyl (C=O) groups is 3. The van der Waals surface area contributed by atoms with Crippen molar-refractivity contribution < 1.29 is 19.1 Å². The van der Waals surface area contributed by atoms with E-state index in [0.29, 0.717) is 31.7 Å². The summed E-state index contributed by atoms with van der Waals surface area (Å²) in [5, 5.41) is 5.46. The number of nitrogens with one attached hydrogen (secondary N) is 2. The largest absolute Gasteiger partial charge is 0.444 e. The lowest BCUT2D eigenvalue weighted by Gasteiger charge is -2.35. The number of piperazine rings is 1. The standard InChI is InChI=1S/C21H32N4O4/c1-16-7-5-6-8-17(16)19(27)23-15-18(26)22-9-10-24-11-13-25(14-12-24)20(28)29-21(2,3)4/h5-8H,9-15H2,1-4H3,(H,22,26)(H,23,27). The second-order valence-electron chi connectivity index (χ2n) is 8.16. The summed E-state index contributed by atoms with van der Waals surface area (Å²) in [5.74, 6) is -0.476. The van der Waals surface area contributed by atoms with Crippen molar-refractivity contribution in [3.63, 3.8) is 0 Å². The Hall–Kier alpha value is -2.61. The smallest absolute Gasteiger partial charge is 0.410 e. The lowest BCUT2D eigenvalue weighted by atomic mass is 10.1. The van der Waals surface area contributed by atoms with Gasteiger partial charge in [0.25, 0.3) is 5.91 Å². The van der Waals surface area contributed by atoms with E-state index in [1.54, 1.807) is 17.0 Å². The third-order valence-corrected chi connectivity index (χ3v) is 4.57. The van der Waals surface area contributed by atoms with Gasteiger partial charge in [-0.1, -0.05) is 18.2 Å². The van der Waals surface area contributed by atoms with Crippen LogP contribution in [0.5, 0.6) is 0 Å². The second kappa shape index (κ2) is 10.2. The van der Waals surface area contributed by atoms with Crippen molar-refractivity contribution in [2.75, 3.05) is 45.8 Å². The molecule has 0 spiro atoms. The van der Waals surface area contributed by atoms with Crippen LogP contribution in [-0.2, 0) is 9.53 Å². The van der Waals surface area contributed by atoms with Gasteiger partial charge in [0.2, 0.25) is 5.91 Å². The number of carbonyl (C=O) groups excluding carboxylic acids is 3. The Morgan fingerprint density at radius 3 is 2.31 bits per heavy atom. The first-order valence-corrected chi connectivity index (χ1v) is 9.96.